The smallest absolute Gasteiger partial charge is 0.340 e. The van der Waals surface area contributed by atoms with E-state index in [1.807, 2.05) is 6.92 Å². The van der Waals surface area contributed by atoms with Crippen molar-refractivity contribution >= 4 is 17.6 Å². The summed E-state index contributed by atoms with van der Waals surface area (Å²) in [6, 6.07) is -1.05. The number of halogens is 1. The maximum Gasteiger partial charge on any atom is 0.340 e. The molecule has 0 unspecified atom stereocenters. The van der Waals surface area contributed by atoms with Crippen LogP contribution in [-0.2, 0) is 9.47 Å². The van der Waals surface area contributed by atoms with Crippen molar-refractivity contribution in [3.8, 4) is 0 Å². The van der Waals surface area contributed by atoms with E-state index in [0.717, 1.165) is 0 Å². The topological polar surface area (TPSA) is 100 Å². The molecule has 1 aliphatic rings. The third-order valence-electron chi connectivity index (χ3n) is 2.96. The van der Waals surface area contributed by atoms with Gasteiger partial charge in [0.15, 0.2) is 6.29 Å². The van der Waals surface area contributed by atoms with Crippen molar-refractivity contribution in [3.05, 3.63) is 4.91 Å². The monoisotopic (exact) mass is 309 g/mol. The molecule has 0 radical (unpaired) electrons. The second-order valence-electron chi connectivity index (χ2n) is 4.27. The minimum absolute atomic E-state index is 0.0236. The average Bonchev–Trinajstić information content (AvgIpc) is 2.46. The Labute approximate surface area is 122 Å². The van der Waals surface area contributed by atoms with E-state index < -0.39 is 18.2 Å². The minimum Gasteiger partial charge on any atom is -0.394 e. The van der Waals surface area contributed by atoms with E-state index in [1.54, 1.807) is 0 Å². The van der Waals surface area contributed by atoms with Crippen LogP contribution in [0.1, 0.15) is 19.8 Å². The number of urea groups is 1. The Morgan fingerprint density at radius 1 is 1.60 bits per heavy atom. The predicted octanol–water partition coefficient (Wildman–Crippen LogP) is 0.821. The fourth-order valence-corrected chi connectivity index (χ4v) is 2.16. The fourth-order valence-electron chi connectivity index (χ4n) is 2.00. The van der Waals surface area contributed by atoms with Crippen LogP contribution in [0.25, 0.3) is 0 Å². The number of rotatable bonds is 7. The van der Waals surface area contributed by atoms with Crippen molar-refractivity contribution in [1.29, 1.82) is 0 Å². The number of aliphatic hydroxyl groups excluding tert-OH is 1. The molecule has 0 bridgehead atoms. The predicted molar refractivity (Wildman–Crippen MR) is 72.1 cm³/mol. The Balaban J connectivity index is 2.53. The Kier molecular flexibility index (Phi) is 7.75. The summed E-state index contributed by atoms with van der Waals surface area (Å²) in [4.78, 5) is 22.3. The molecule has 8 nitrogen and oxygen atoms in total. The summed E-state index contributed by atoms with van der Waals surface area (Å²) in [7, 11) is 0. The summed E-state index contributed by atoms with van der Waals surface area (Å²) in [5.41, 5.74) is 0. The normalized spacial score (nSPS) is 26.1. The first-order valence-electron chi connectivity index (χ1n) is 6.51. The van der Waals surface area contributed by atoms with E-state index in [2.05, 4.69) is 10.6 Å². The van der Waals surface area contributed by atoms with Crippen molar-refractivity contribution in [2.45, 2.75) is 38.2 Å². The van der Waals surface area contributed by atoms with Crippen LogP contribution >= 0.6 is 11.6 Å². The molecule has 2 N–H and O–H groups in total. The van der Waals surface area contributed by atoms with Gasteiger partial charge in [0.1, 0.15) is 6.10 Å². The van der Waals surface area contributed by atoms with Gasteiger partial charge in [0, 0.05) is 18.9 Å². The lowest BCUT2D eigenvalue weighted by Gasteiger charge is -2.36. The number of carbonyl (C=O) groups excluding carboxylic acids is 1. The molecule has 9 heteroatoms. The number of carbonyl (C=O) groups is 1. The highest BCUT2D eigenvalue weighted by Gasteiger charge is 2.33. The Hall–Kier alpha value is -0.960. The molecule has 3 atom stereocenters. The van der Waals surface area contributed by atoms with E-state index in [9.17, 15) is 14.8 Å². The van der Waals surface area contributed by atoms with Gasteiger partial charge in [-0.25, -0.2) is 4.79 Å². The molecule has 20 heavy (non-hydrogen) atoms. The van der Waals surface area contributed by atoms with Crippen LogP contribution in [0.3, 0.4) is 0 Å². The van der Waals surface area contributed by atoms with E-state index in [0.29, 0.717) is 24.5 Å². The number of ether oxygens (including phenoxy) is 2. The maximum absolute atomic E-state index is 11.8. The highest BCUT2D eigenvalue weighted by atomic mass is 35.5. The number of alkyl halides is 1. The summed E-state index contributed by atoms with van der Waals surface area (Å²) in [6.45, 7) is 2.14. The molecule has 1 heterocycles. The Bertz CT molecular complexity index is 320. The summed E-state index contributed by atoms with van der Waals surface area (Å²) in [5.74, 6) is 0.107. The number of amides is 2. The minimum atomic E-state index is -0.650. The molecule has 2 amide bonds. The van der Waals surface area contributed by atoms with Gasteiger partial charge in [-0.1, -0.05) is 0 Å². The van der Waals surface area contributed by atoms with Gasteiger partial charge in [0.05, 0.1) is 24.5 Å². The maximum atomic E-state index is 11.8. The van der Waals surface area contributed by atoms with Crippen molar-refractivity contribution in [1.82, 2.24) is 10.3 Å². The first-order chi connectivity index (χ1) is 9.65. The molecule has 1 aliphatic heterocycles. The summed E-state index contributed by atoms with van der Waals surface area (Å²) in [6.07, 6.45) is 0.219. The lowest BCUT2D eigenvalue weighted by Crippen LogP contribution is -2.53. The molecule has 0 aliphatic carbocycles. The summed E-state index contributed by atoms with van der Waals surface area (Å²) in [5, 5.41) is 15.2. The third kappa shape index (κ3) is 4.86. The van der Waals surface area contributed by atoms with Gasteiger partial charge in [0.25, 0.3) is 0 Å². The number of nitrogens with one attached hydrogen (secondary N) is 1. The van der Waals surface area contributed by atoms with Gasteiger partial charge < -0.3 is 19.9 Å². The first-order valence-corrected chi connectivity index (χ1v) is 7.04. The van der Waals surface area contributed by atoms with Gasteiger partial charge in [0.2, 0.25) is 0 Å². The highest BCUT2D eigenvalue weighted by Crippen LogP contribution is 2.20. The lowest BCUT2D eigenvalue weighted by atomic mass is 10.0. The molecule has 1 fully saturated rings. The van der Waals surface area contributed by atoms with Crippen LogP contribution in [0.5, 0.6) is 0 Å². The standard InChI is InChI=1S/C11H20ClN3O5/c1-2-19-10-4-3-8(9(7-16)20-10)13-11(17)15(14-18)6-5-12/h8-10,16H,2-7H2,1H3,(H,13,17)/t8-,9+,10-/m0/s1. The van der Waals surface area contributed by atoms with Crippen molar-refractivity contribution in [3.63, 3.8) is 0 Å². The highest BCUT2D eigenvalue weighted by molar-refractivity contribution is 6.18. The number of aliphatic hydroxyl groups is 1. The molecule has 0 aromatic heterocycles. The van der Waals surface area contributed by atoms with E-state index in [1.165, 1.54) is 0 Å². The Morgan fingerprint density at radius 2 is 2.35 bits per heavy atom. The SMILES string of the molecule is CCO[C@@H]1CC[C@H](NC(=O)N(CCCl)N=O)[C@@H](CO)O1. The Morgan fingerprint density at radius 3 is 2.90 bits per heavy atom. The molecule has 0 saturated carbocycles. The fraction of sp³-hybridized carbons (Fsp3) is 0.909. The first kappa shape index (κ1) is 17.1. The van der Waals surface area contributed by atoms with E-state index in [-0.39, 0.29) is 25.3 Å². The third-order valence-corrected chi connectivity index (χ3v) is 3.13. The molecular formula is C11H20ClN3O5. The summed E-state index contributed by atoms with van der Waals surface area (Å²) < 4.78 is 10.9. The van der Waals surface area contributed by atoms with Gasteiger partial charge in [-0.15, -0.1) is 16.5 Å². The molecular weight excluding hydrogens is 290 g/mol. The van der Waals surface area contributed by atoms with Crippen LogP contribution in [0.15, 0.2) is 5.29 Å². The second kappa shape index (κ2) is 9.06. The van der Waals surface area contributed by atoms with Crippen LogP contribution in [0.4, 0.5) is 4.79 Å². The average molecular weight is 310 g/mol. The number of nitrogens with zero attached hydrogens (tertiary/aromatic N) is 2. The van der Waals surface area contributed by atoms with Gasteiger partial charge in [-0.3, -0.25) is 0 Å². The van der Waals surface area contributed by atoms with Crippen molar-refractivity contribution in [2.24, 2.45) is 5.29 Å². The zero-order valence-corrected chi connectivity index (χ0v) is 12.1. The van der Waals surface area contributed by atoms with Gasteiger partial charge >= 0.3 is 6.03 Å². The molecule has 1 saturated heterocycles. The molecule has 116 valence electrons. The number of hydrogen-bond acceptors (Lipinski definition) is 6. The van der Waals surface area contributed by atoms with Crippen LogP contribution in [0, 0.1) is 4.91 Å². The van der Waals surface area contributed by atoms with Crippen LogP contribution in [-0.4, -0.2) is 60.2 Å². The largest absolute Gasteiger partial charge is 0.394 e. The zero-order valence-electron chi connectivity index (χ0n) is 11.3. The zero-order chi connectivity index (χ0) is 15.0. The van der Waals surface area contributed by atoms with Crippen LogP contribution < -0.4 is 5.32 Å². The molecule has 0 aromatic carbocycles. The summed E-state index contributed by atoms with van der Waals surface area (Å²) >= 11 is 5.47. The van der Waals surface area contributed by atoms with Crippen molar-refractivity contribution in [2.75, 3.05) is 25.6 Å². The van der Waals surface area contributed by atoms with E-state index in [4.69, 9.17) is 21.1 Å². The van der Waals surface area contributed by atoms with Crippen LogP contribution in [0.2, 0.25) is 0 Å². The number of hydrogen-bond donors (Lipinski definition) is 2. The quantitative estimate of drug-likeness (QED) is 0.412. The second-order valence-corrected chi connectivity index (χ2v) is 4.65. The van der Waals surface area contributed by atoms with E-state index >= 15 is 0 Å². The molecule has 0 spiro atoms. The van der Waals surface area contributed by atoms with Crippen molar-refractivity contribution < 1.29 is 19.4 Å². The van der Waals surface area contributed by atoms with Gasteiger partial charge in [-0.2, -0.15) is 5.01 Å². The molecule has 1 rings (SSSR count). The number of nitroso groups, excluding NO2 is 1. The lowest BCUT2D eigenvalue weighted by molar-refractivity contribution is -0.206. The van der Waals surface area contributed by atoms with Gasteiger partial charge in [-0.05, 0) is 13.3 Å². The molecule has 0 aromatic rings.